The summed E-state index contributed by atoms with van der Waals surface area (Å²) in [6.45, 7) is -0.986. The van der Waals surface area contributed by atoms with Gasteiger partial charge in [-0.15, -0.1) is 0 Å². The van der Waals surface area contributed by atoms with Gasteiger partial charge in [-0.05, 0) is 48.9 Å². The minimum atomic E-state index is -2.97. The molecule has 0 bridgehead atoms. The number of thiocarbonyl (C=S) groups is 1. The summed E-state index contributed by atoms with van der Waals surface area (Å²) in [7, 11) is 0. The Morgan fingerprint density at radius 2 is 1.97 bits per heavy atom. The van der Waals surface area contributed by atoms with Gasteiger partial charge in [-0.2, -0.15) is 8.78 Å². The zero-order chi connectivity index (χ0) is 21.1. The van der Waals surface area contributed by atoms with E-state index < -0.39 is 6.61 Å². The number of alkyl halides is 2. The van der Waals surface area contributed by atoms with Crippen molar-refractivity contribution < 1.29 is 23.0 Å². The van der Waals surface area contributed by atoms with E-state index in [1.807, 2.05) is 0 Å². The van der Waals surface area contributed by atoms with Gasteiger partial charge < -0.3 is 9.47 Å². The summed E-state index contributed by atoms with van der Waals surface area (Å²) in [4.78, 5) is 14.6. The minimum absolute atomic E-state index is 0.0838. The fourth-order valence-corrected chi connectivity index (χ4v) is 4.34. The van der Waals surface area contributed by atoms with Gasteiger partial charge >= 0.3 is 6.61 Å². The lowest BCUT2D eigenvalue weighted by Gasteiger charge is -2.16. The molecule has 4 nitrogen and oxygen atoms in total. The van der Waals surface area contributed by atoms with Crippen molar-refractivity contribution in [1.29, 1.82) is 0 Å². The summed E-state index contributed by atoms with van der Waals surface area (Å²) in [6, 6.07) is 9.17. The molecular weight excluding hydrogens is 463 g/mol. The van der Waals surface area contributed by atoms with Crippen LogP contribution in [0.25, 0.3) is 6.08 Å². The zero-order valence-electron chi connectivity index (χ0n) is 14.8. The largest absolute Gasteiger partial charge is 0.490 e. The van der Waals surface area contributed by atoms with Crippen LogP contribution in [0.5, 0.6) is 11.5 Å². The van der Waals surface area contributed by atoms with Crippen LogP contribution in [0.1, 0.15) is 12.5 Å². The molecule has 1 aliphatic rings. The van der Waals surface area contributed by atoms with E-state index in [1.165, 1.54) is 23.1 Å². The van der Waals surface area contributed by atoms with E-state index in [0.29, 0.717) is 30.5 Å². The maximum Gasteiger partial charge on any atom is 0.387 e. The number of nitrogens with zero attached hydrogens (tertiary/aromatic N) is 1. The Labute approximate surface area is 185 Å². The molecule has 29 heavy (non-hydrogen) atoms. The topological polar surface area (TPSA) is 38.8 Å². The highest BCUT2D eigenvalue weighted by Gasteiger charge is 2.34. The number of carbonyl (C=O) groups is 1. The fourth-order valence-electron chi connectivity index (χ4n) is 2.57. The van der Waals surface area contributed by atoms with Crippen LogP contribution < -0.4 is 14.4 Å². The second-order valence-corrected chi connectivity index (χ2v) is 8.15. The predicted molar refractivity (Wildman–Crippen MR) is 116 cm³/mol. The van der Waals surface area contributed by atoms with Crippen molar-refractivity contribution in [3.8, 4) is 11.5 Å². The van der Waals surface area contributed by atoms with E-state index in [9.17, 15) is 13.6 Å². The molecule has 3 rings (SSSR count). The fraction of sp³-hybridized carbons (Fsp3) is 0.158. The molecule has 1 saturated heterocycles. The van der Waals surface area contributed by atoms with Crippen LogP contribution in [-0.4, -0.2) is 23.4 Å². The van der Waals surface area contributed by atoms with Crippen molar-refractivity contribution in [2.24, 2.45) is 0 Å². The molecule has 10 heteroatoms. The Morgan fingerprint density at radius 3 is 2.62 bits per heavy atom. The Kier molecular flexibility index (Phi) is 7.00. The Hall–Kier alpha value is -1.87. The van der Waals surface area contributed by atoms with E-state index in [1.54, 1.807) is 31.2 Å². The summed E-state index contributed by atoms with van der Waals surface area (Å²) in [6.07, 6.45) is 1.60. The van der Waals surface area contributed by atoms with Crippen molar-refractivity contribution in [2.45, 2.75) is 13.5 Å². The maximum atomic E-state index is 12.9. The van der Waals surface area contributed by atoms with Crippen LogP contribution in [0.15, 0.2) is 41.3 Å². The van der Waals surface area contributed by atoms with E-state index in [0.717, 1.165) is 11.8 Å². The number of rotatable bonds is 6. The lowest BCUT2D eigenvalue weighted by molar-refractivity contribution is -0.113. The quantitative estimate of drug-likeness (QED) is 0.357. The molecule has 2 aromatic rings. The average Bonchev–Trinajstić information content (AvgIpc) is 2.91. The normalized spacial score (nSPS) is 15.5. The van der Waals surface area contributed by atoms with Crippen LogP contribution in [0, 0.1) is 0 Å². The summed E-state index contributed by atoms with van der Waals surface area (Å²) >= 11 is 18.5. The van der Waals surface area contributed by atoms with Crippen molar-refractivity contribution in [3.05, 3.63) is 56.9 Å². The third kappa shape index (κ3) is 5.01. The van der Waals surface area contributed by atoms with Crippen LogP contribution in [0.3, 0.4) is 0 Å². The molecule has 1 fully saturated rings. The molecule has 0 spiro atoms. The van der Waals surface area contributed by atoms with Crippen molar-refractivity contribution >= 4 is 69.2 Å². The van der Waals surface area contributed by atoms with Crippen molar-refractivity contribution in [2.75, 3.05) is 11.5 Å². The van der Waals surface area contributed by atoms with Gasteiger partial charge in [0.25, 0.3) is 5.91 Å². The molecule has 0 saturated carbocycles. The van der Waals surface area contributed by atoms with Crippen LogP contribution >= 0.6 is 47.2 Å². The molecule has 0 radical (unpaired) electrons. The number of ether oxygens (including phenoxy) is 2. The van der Waals surface area contributed by atoms with Gasteiger partial charge in [0.1, 0.15) is 0 Å². The maximum absolute atomic E-state index is 12.9. The molecular formula is C19H13Cl2F2NO3S2. The van der Waals surface area contributed by atoms with Gasteiger partial charge in [0.15, 0.2) is 15.8 Å². The molecule has 1 heterocycles. The van der Waals surface area contributed by atoms with Crippen LogP contribution in [0.4, 0.5) is 14.5 Å². The lowest BCUT2D eigenvalue weighted by atomic mass is 10.2. The second kappa shape index (κ2) is 9.30. The Balaban J connectivity index is 1.92. The molecule has 1 amide bonds. The zero-order valence-corrected chi connectivity index (χ0v) is 18.0. The molecule has 0 atom stereocenters. The molecule has 0 aromatic heterocycles. The predicted octanol–water partition coefficient (Wildman–Crippen LogP) is 6.40. The molecule has 152 valence electrons. The first kappa shape index (κ1) is 21.8. The molecule has 2 aromatic carbocycles. The van der Waals surface area contributed by atoms with Gasteiger partial charge in [0.05, 0.1) is 22.2 Å². The van der Waals surface area contributed by atoms with Gasteiger partial charge in [0, 0.05) is 5.02 Å². The first-order valence-corrected chi connectivity index (χ1v) is 10.2. The number of amides is 1. The van der Waals surface area contributed by atoms with Gasteiger partial charge in [-0.25, -0.2) is 0 Å². The number of hydrogen-bond donors (Lipinski definition) is 0. The highest BCUT2D eigenvalue weighted by molar-refractivity contribution is 8.27. The standard InChI is InChI=1S/C19H13Cl2F2NO3S2/c1-2-26-15-7-10(3-6-14(15)27-18(22)23)8-16-17(25)24(19(28)29-16)13-5-4-11(20)9-12(13)21/h3-9,18H,2H2,1H3/b16-8+. The average molecular weight is 476 g/mol. The highest BCUT2D eigenvalue weighted by Crippen LogP contribution is 2.40. The summed E-state index contributed by atoms with van der Waals surface area (Å²) in [5.41, 5.74) is 0.996. The Bertz CT molecular complexity index is 1000. The van der Waals surface area contributed by atoms with Crippen molar-refractivity contribution in [1.82, 2.24) is 0 Å². The third-order valence-electron chi connectivity index (χ3n) is 3.73. The Morgan fingerprint density at radius 1 is 1.21 bits per heavy atom. The number of benzene rings is 2. The van der Waals surface area contributed by atoms with Crippen molar-refractivity contribution in [3.63, 3.8) is 0 Å². The van der Waals surface area contributed by atoms with E-state index >= 15 is 0 Å². The van der Waals surface area contributed by atoms with Gasteiger partial charge in [0.2, 0.25) is 0 Å². The summed E-state index contributed by atoms with van der Waals surface area (Å²) < 4.78 is 35.2. The third-order valence-corrected chi connectivity index (χ3v) is 5.57. The number of halogens is 4. The van der Waals surface area contributed by atoms with Crippen LogP contribution in [-0.2, 0) is 4.79 Å². The monoisotopic (exact) mass is 475 g/mol. The SMILES string of the molecule is CCOc1cc(/C=C2/SC(=S)N(c3ccc(Cl)cc3Cl)C2=O)ccc1OC(F)F. The van der Waals surface area contributed by atoms with Crippen LogP contribution in [0.2, 0.25) is 10.0 Å². The number of thioether (sulfide) groups is 1. The smallest absolute Gasteiger partial charge is 0.387 e. The van der Waals surface area contributed by atoms with E-state index in [2.05, 4.69) is 4.74 Å². The summed E-state index contributed by atoms with van der Waals surface area (Å²) in [5, 5.41) is 0.733. The lowest BCUT2D eigenvalue weighted by Crippen LogP contribution is -2.27. The first-order chi connectivity index (χ1) is 13.8. The first-order valence-electron chi connectivity index (χ1n) is 8.24. The minimum Gasteiger partial charge on any atom is -0.490 e. The van der Waals surface area contributed by atoms with E-state index in [-0.39, 0.29) is 24.0 Å². The number of anilines is 1. The van der Waals surface area contributed by atoms with Gasteiger partial charge in [-0.1, -0.05) is 53.2 Å². The number of carbonyl (C=O) groups excluding carboxylic acids is 1. The molecule has 0 unspecified atom stereocenters. The summed E-state index contributed by atoms with van der Waals surface area (Å²) in [5.74, 6) is -0.285. The second-order valence-electron chi connectivity index (χ2n) is 5.63. The molecule has 0 aliphatic carbocycles. The highest BCUT2D eigenvalue weighted by atomic mass is 35.5. The molecule has 1 aliphatic heterocycles. The number of hydrogen-bond acceptors (Lipinski definition) is 5. The van der Waals surface area contributed by atoms with E-state index in [4.69, 9.17) is 40.2 Å². The van der Waals surface area contributed by atoms with Gasteiger partial charge in [-0.3, -0.25) is 9.69 Å². The molecule has 0 N–H and O–H groups in total.